The predicted octanol–water partition coefficient (Wildman–Crippen LogP) is 0.754. The predicted molar refractivity (Wildman–Crippen MR) is 64.5 cm³/mol. The highest BCUT2D eigenvalue weighted by Crippen LogP contribution is 2.10. The van der Waals surface area contributed by atoms with Crippen molar-refractivity contribution in [1.29, 1.82) is 0 Å². The van der Waals surface area contributed by atoms with E-state index in [1.807, 2.05) is 19.1 Å². The first-order valence-electron chi connectivity index (χ1n) is 4.94. The maximum absolute atomic E-state index is 11.6. The average Bonchev–Trinajstić information content (AvgIpc) is 2.75. The highest BCUT2D eigenvalue weighted by atomic mass is 32.1. The Morgan fingerprint density at radius 3 is 2.88 bits per heavy atom. The number of rotatable bonds is 3. The fourth-order valence-corrected chi connectivity index (χ4v) is 1.71. The highest BCUT2D eigenvalue weighted by molar-refractivity contribution is 7.16. The molecule has 88 valence electrons. The first-order chi connectivity index (χ1) is 8.15. The number of aryl methyl sites for hydroxylation is 1. The molecule has 0 bridgehead atoms. The lowest BCUT2D eigenvalue weighted by Gasteiger charge is -2.02. The van der Waals surface area contributed by atoms with E-state index in [-0.39, 0.29) is 16.0 Å². The van der Waals surface area contributed by atoms with Gasteiger partial charge in [-0.2, -0.15) is 0 Å². The zero-order valence-electron chi connectivity index (χ0n) is 9.17. The van der Waals surface area contributed by atoms with E-state index in [9.17, 15) is 4.79 Å². The number of aromatic nitrogens is 3. The number of anilines is 1. The van der Waals surface area contributed by atoms with Crippen LogP contribution in [-0.2, 0) is 6.54 Å². The second kappa shape index (κ2) is 4.88. The van der Waals surface area contributed by atoms with Gasteiger partial charge in [0.2, 0.25) is 10.1 Å². The Morgan fingerprint density at radius 2 is 2.29 bits per heavy atom. The SMILES string of the molecule is Cc1ccc(CNC(=O)c2nnc(N)s2)cn1. The van der Waals surface area contributed by atoms with Gasteiger partial charge in [-0.15, -0.1) is 10.2 Å². The molecule has 7 heteroatoms. The number of nitrogen functional groups attached to an aromatic ring is 1. The Hall–Kier alpha value is -2.02. The average molecular weight is 249 g/mol. The minimum Gasteiger partial charge on any atom is -0.374 e. The molecule has 17 heavy (non-hydrogen) atoms. The van der Waals surface area contributed by atoms with Crippen LogP contribution in [0, 0.1) is 6.92 Å². The van der Waals surface area contributed by atoms with Gasteiger partial charge in [-0.25, -0.2) is 0 Å². The number of pyridine rings is 1. The summed E-state index contributed by atoms with van der Waals surface area (Å²) < 4.78 is 0. The third kappa shape index (κ3) is 2.97. The van der Waals surface area contributed by atoms with Crippen molar-refractivity contribution in [3.05, 3.63) is 34.6 Å². The molecule has 2 rings (SSSR count). The third-order valence-corrected chi connectivity index (χ3v) is 2.81. The molecule has 0 radical (unpaired) electrons. The normalized spacial score (nSPS) is 10.2. The van der Waals surface area contributed by atoms with Crippen molar-refractivity contribution in [1.82, 2.24) is 20.5 Å². The molecule has 2 heterocycles. The Kier molecular flexibility index (Phi) is 3.29. The maximum atomic E-state index is 11.6. The molecule has 6 nitrogen and oxygen atoms in total. The molecular formula is C10H11N5OS. The lowest BCUT2D eigenvalue weighted by Crippen LogP contribution is -2.22. The van der Waals surface area contributed by atoms with Crippen LogP contribution in [0.4, 0.5) is 5.13 Å². The molecule has 1 amide bonds. The zero-order valence-corrected chi connectivity index (χ0v) is 9.99. The molecule has 0 fully saturated rings. The summed E-state index contributed by atoms with van der Waals surface area (Å²) in [7, 11) is 0. The summed E-state index contributed by atoms with van der Waals surface area (Å²) in [6, 6.07) is 3.81. The monoisotopic (exact) mass is 249 g/mol. The lowest BCUT2D eigenvalue weighted by molar-refractivity contribution is 0.0950. The summed E-state index contributed by atoms with van der Waals surface area (Å²) in [5.74, 6) is -0.278. The molecule has 0 aliphatic heterocycles. The fourth-order valence-electron chi connectivity index (χ4n) is 1.19. The van der Waals surface area contributed by atoms with Crippen LogP contribution in [-0.4, -0.2) is 21.1 Å². The minimum absolute atomic E-state index is 0.266. The van der Waals surface area contributed by atoms with Crippen LogP contribution in [0.1, 0.15) is 21.1 Å². The van der Waals surface area contributed by atoms with Crippen LogP contribution in [0.3, 0.4) is 0 Å². The van der Waals surface area contributed by atoms with Gasteiger partial charge in [0, 0.05) is 18.4 Å². The van der Waals surface area contributed by atoms with Gasteiger partial charge >= 0.3 is 0 Å². The quantitative estimate of drug-likeness (QED) is 0.837. The molecule has 0 saturated heterocycles. The van der Waals surface area contributed by atoms with Gasteiger partial charge < -0.3 is 11.1 Å². The smallest absolute Gasteiger partial charge is 0.282 e. The Labute approximate surface area is 102 Å². The van der Waals surface area contributed by atoms with Crippen molar-refractivity contribution in [2.45, 2.75) is 13.5 Å². The van der Waals surface area contributed by atoms with Gasteiger partial charge in [0.15, 0.2) is 0 Å². The van der Waals surface area contributed by atoms with Gasteiger partial charge in [-0.1, -0.05) is 17.4 Å². The highest BCUT2D eigenvalue weighted by Gasteiger charge is 2.10. The zero-order chi connectivity index (χ0) is 12.3. The van der Waals surface area contributed by atoms with Gasteiger partial charge in [0.05, 0.1) is 0 Å². The molecule has 0 atom stereocenters. The van der Waals surface area contributed by atoms with E-state index in [0.29, 0.717) is 6.54 Å². The van der Waals surface area contributed by atoms with Crippen molar-refractivity contribution >= 4 is 22.4 Å². The fraction of sp³-hybridized carbons (Fsp3) is 0.200. The molecule has 0 aromatic carbocycles. The van der Waals surface area contributed by atoms with E-state index in [2.05, 4.69) is 20.5 Å². The third-order valence-electron chi connectivity index (χ3n) is 2.06. The van der Waals surface area contributed by atoms with Crippen LogP contribution < -0.4 is 11.1 Å². The van der Waals surface area contributed by atoms with Gasteiger partial charge in [0.25, 0.3) is 5.91 Å². The first-order valence-corrected chi connectivity index (χ1v) is 5.75. The van der Waals surface area contributed by atoms with Crippen LogP contribution in [0.25, 0.3) is 0 Å². The number of hydrogen-bond donors (Lipinski definition) is 2. The molecule has 0 unspecified atom stereocenters. The van der Waals surface area contributed by atoms with E-state index in [4.69, 9.17) is 5.73 Å². The molecule has 2 aromatic heterocycles. The second-order valence-corrected chi connectivity index (χ2v) is 4.45. The summed E-state index contributed by atoms with van der Waals surface area (Å²) in [4.78, 5) is 15.8. The van der Waals surface area contributed by atoms with E-state index < -0.39 is 0 Å². The van der Waals surface area contributed by atoms with Crippen molar-refractivity contribution in [2.75, 3.05) is 5.73 Å². The van der Waals surface area contributed by atoms with E-state index >= 15 is 0 Å². The Morgan fingerprint density at radius 1 is 1.47 bits per heavy atom. The number of amides is 1. The van der Waals surface area contributed by atoms with Crippen LogP contribution in [0.5, 0.6) is 0 Å². The molecule has 2 aromatic rings. The van der Waals surface area contributed by atoms with E-state index in [1.54, 1.807) is 6.20 Å². The number of nitrogens with two attached hydrogens (primary N) is 1. The van der Waals surface area contributed by atoms with Crippen molar-refractivity contribution < 1.29 is 4.79 Å². The topological polar surface area (TPSA) is 93.8 Å². The van der Waals surface area contributed by atoms with Crippen LogP contribution in [0.15, 0.2) is 18.3 Å². The number of nitrogens with zero attached hydrogens (tertiary/aromatic N) is 3. The van der Waals surface area contributed by atoms with Crippen molar-refractivity contribution in [3.8, 4) is 0 Å². The lowest BCUT2D eigenvalue weighted by atomic mass is 10.2. The summed E-state index contributed by atoms with van der Waals surface area (Å²) in [6.07, 6.45) is 1.73. The Bertz CT molecular complexity index is 522. The maximum Gasteiger partial charge on any atom is 0.282 e. The van der Waals surface area contributed by atoms with Gasteiger partial charge in [-0.3, -0.25) is 9.78 Å². The largest absolute Gasteiger partial charge is 0.374 e. The summed E-state index contributed by atoms with van der Waals surface area (Å²) in [5, 5.41) is 10.5. The first kappa shape index (κ1) is 11.5. The van der Waals surface area contributed by atoms with E-state index in [0.717, 1.165) is 22.6 Å². The van der Waals surface area contributed by atoms with Gasteiger partial charge in [-0.05, 0) is 18.6 Å². The van der Waals surface area contributed by atoms with Gasteiger partial charge in [0.1, 0.15) is 0 Å². The minimum atomic E-state index is -0.278. The molecule has 0 saturated carbocycles. The summed E-state index contributed by atoms with van der Waals surface area (Å²) in [6.45, 7) is 2.32. The Balaban J connectivity index is 1.94. The molecule has 0 aliphatic rings. The number of nitrogens with one attached hydrogen (secondary N) is 1. The van der Waals surface area contributed by atoms with E-state index in [1.165, 1.54) is 0 Å². The molecule has 0 aliphatic carbocycles. The van der Waals surface area contributed by atoms with Crippen LogP contribution >= 0.6 is 11.3 Å². The van der Waals surface area contributed by atoms with Crippen molar-refractivity contribution in [3.63, 3.8) is 0 Å². The van der Waals surface area contributed by atoms with Crippen LogP contribution in [0.2, 0.25) is 0 Å². The number of carbonyl (C=O) groups excluding carboxylic acids is 1. The molecule has 0 spiro atoms. The summed E-state index contributed by atoms with van der Waals surface area (Å²) in [5.41, 5.74) is 7.27. The van der Waals surface area contributed by atoms with Crippen molar-refractivity contribution in [2.24, 2.45) is 0 Å². The molecular weight excluding hydrogens is 238 g/mol. The number of hydrogen-bond acceptors (Lipinski definition) is 6. The molecule has 3 N–H and O–H groups in total. The standard InChI is InChI=1S/C10H11N5OS/c1-6-2-3-7(4-12-6)5-13-8(16)9-14-15-10(11)17-9/h2-4H,5H2,1H3,(H2,11,15)(H,13,16). The summed E-state index contributed by atoms with van der Waals surface area (Å²) >= 11 is 1.06. The second-order valence-electron chi connectivity index (χ2n) is 3.44. The number of carbonyl (C=O) groups is 1.